The predicted octanol–water partition coefficient (Wildman–Crippen LogP) is 6.67. The van der Waals surface area contributed by atoms with Crippen molar-refractivity contribution in [3.05, 3.63) is 42.5 Å². The number of allylic oxidation sites excluding steroid dienone is 4. The quantitative estimate of drug-likeness (QED) is 0.128. The van der Waals surface area contributed by atoms with Crippen LogP contribution in [0.15, 0.2) is 36.8 Å². The zero-order valence-corrected chi connectivity index (χ0v) is 20.4. The van der Waals surface area contributed by atoms with E-state index in [1.165, 1.54) is 44.9 Å². The summed E-state index contributed by atoms with van der Waals surface area (Å²) in [6, 6.07) is 0. The molecule has 180 valence electrons. The Hall–Kier alpha value is -2.17. The van der Waals surface area contributed by atoms with Gasteiger partial charge in [0.05, 0.1) is 12.9 Å². The van der Waals surface area contributed by atoms with E-state index in [1.807, 2.05) is 11.6 Å². The molecule has 0 saturated carbocycles. The Balaban J connectivity index is 1.86. The highest BCUT2D eigenvalue weighted by Crippen LogP contribution is 2.09. The van der Waals surface area contributed by atoms with Gasteiger partial charge in [0.2, 0.25) is 0 Å². The fourth-order valence-electron chi connectivity index (χ4n) is 3.45. The van der Waals surface area contributed by atoms with Gasteiger partial charge in [-0.25, -0.2) is 4.98 Å². The molecule has 0 aromatic carbocycles. The first-order chi connectivity index (χ1) is 15.6. The van der Waals surface area contributed by atoms with Gasteiger partial charge >= 0.3 is 5.97 Å². The molecule has 1 aromatic heterocycles. The molecule has 0 amide bonds. The summed E-state index contributed by atoms with van der Waals surface area (Å²) in [5, 5.41) is 0. The third kappa shape index (κ3) is 15.6. The smallest absolute Gasteiger partial charge is 0.305 e. The van der Waals surface area contributed by atoms with E-state index in [0.717, 1.165) is 31.4 Å². The largest absolute Gasteiger partial charge is 0.466 e. The van der Waals surface area contributed by atoms with E-state index in [2.05, 4.69) is 36.2 Å². The van der Waals surface area contributed by atoms with Crippen molar-refractivity contribution in [2.45, 2.75) is 103 Å². The molecule has 32 heavy (non-hydrogen) atoms. The van der Waals surface area contributed by atoms with Crippen molar-refractivity contribution in [2.75, 3.05) is 6.61 Å². The predicted molar refractivity (Wildman–Crippen MR) is 131 cm³/mol. The lowest BCUT2D eigenvalue weighted by atomic mass is 10.1. The van der Waals surface area contributed by atoms with Crippen molar-refractivity contribution >= 4 is 11.8 Å². The second kappa shape index (κ2) is 19.5. The first-order valence-electron chi connectivity index (χ1n) is 12.6. The molecule has 0 aliphatic carbocycles. The molecule has 5 nitrogen and oxygen atoms in total. The number of carbonyl (C=O) groups excluding carboxylic acids is 2. The third-order valence-corrected chi connectivity index (χ3v) is 5.49. The normalized spacial score (nSPS) is 11.6. The molecule has 0 aliphatic rings. The summed E-state index contributed by atoms with van der Waals surface area (Å²) in [4.78, 5) is 27.7. The van der Waals surface area contributed by atoms with Crippen molar-refractivity contribution in [1.29, 1.82) is 0 Å². The Bertz CT molecular complexity index is 676. The maximum atomic E-state index is 11.9. The topological polar surface area (TPSA) is 61.2 Å². The first-order valence-corrected chi connectivity index (χ1v) is 12.6. The van der Waals surface area contributed by atoms with Crippen molar-refractivity contribution < 1.29 is 14.3 Å². The average Bonchev–Trinajstić information content (AvgIpc) is 3.18. The zero-order valence-electron chi connectivity index (χ0n) is 20.4. The monoisotopic (exact) mass is 444 g/mol. The Morgan fingerprint density at radius 1 is 0.906 bits per heavy atom. The van der Waals surface area contributed by atoms with E-state index < -0.39 is 0 Å². The van der Waals surface area contributed by atoms with E-state index in [4.69, 9.17) is 4.74 Å². The van der Waals surface area contributed by atoms with Crippen LogP contribution in [0.5, 0.6) is 0 Å². The van der Waals surface area contributed by atoms with Gasteiger partial charge in [0.15, 0.2) is 0 Å². The van der Waals surface area contributed by atoms with Gasteiger partial charge < -0.3 is 9.30 Å². The molecule has 0 spiro atoms. The highest BCUT2D eigenvalue weighted by molar-refractivity contribution is 5.80. The Morgan fingerprint density at radius 2 is 1.59 bits per heavy atom. The van der Waals surface area contributed by atoms with Gasteiger partial charge in [-0.15, -0.1) is 0 Å². The second-order valence-electron chi connectivity index (χ2n) is 8.52. The minimum absolute atomic E-state index is 0.144. The van der Waals surface area contributed by atoms with Crippen LogP contribution in [0.2, 0.25) is 0 Å². The van der Waals surface area contributed by atoms with Gasteiger partial charge in [-0.3, -0.25) is 9.59 Å². The molecule has 5 heteroatoms. The van der Waals surface area contributed by atoms with Crippen LogP contribution in [0.25, 0.3) is 0 Å². The van der Waals surface area contributed by atoms with Crippen LogP contribution in [0.3, 0.4) is 0 Å². The summed E-state index contributed by atoms with van der Waals surface area (Å²) in [6.45, 7) is 2.57. The summed E-state index contributed by atoms with van der Waals surface area (Å²) in [7, 11) is 1.88. The molecule has 0 unspecified atom stereocenters. The van der Waals surface area contributed by atoms with Crippen LogP contribution in [0.4, 0.5) is 0 Å². The highest BCUT2D eigenvalue weighted by atomic mass is 16.5. The minimum atomic E-state index is -0.144. The standard InChI is InChI=1S/C27H44N2O3/c1-3-4-5-6-7-8-9-10-11-12-13-14-15-16-17-20-27(31)32-21-18-19-26(30)22-25-23-28-24-29(25)2/h7-8,10-11,23-24H,3-6,9,12-22H2,1-2H3/b8-7-,11-10-. The molecule has 0 radical (unpaired) electrons. The number of imidazole rings is 1. The van der Waals surface area contributed by atoms with E-state index in [9.17, 15) is 9.59 Å². The molecule has 0 bridgehead atoms. The van der Waals surface area contributed by atoms with Gasteiger partial charge in [-0.1, -0.05) is 63.3 Å². The molecule has 1 heterocycles. The number of unbranched alkanes of at least 4 members (excludes halogenated alkanes) is 8. The lowest BCUT2D eigenvalue weighted by Crippen LogP contribution is -2.10. The molecular weight excluding hydrogens is 400 g/mol. The van der Waals surface area contributed by atoms with Crippen LogP contribution in [0.1, 0.15) is 103 Å². The first kappa shape index (κ1) is 27.9. The van der Waals surface area contributed by atoms with Crippen molar-refractivity contribution in [2.24, 2.45) is 7.05 Å². The molecule has 0 atom stereocenters. The van der Waals surface area contributed by atoms with Crippen LogP contribution in [-0.2, 0) is 27.8 Å². The Labute approximate surface area is 195 Å². The zero-order chi connectivity index (χ0) is 23.3. The maximum absolute atomic E-state index is 11.9. The number of Topliss-reactive ketones (excluding diaryl/α,β-unsaturated/α-hetero) is 1. The molecule has 1 rings (SSSR count). The van der Waals surface area contributed by atoms with Gasteiger partial charge in [-0.05, 0) is 44.9 Å². The fraction of sp³-hybridized carbons (Fsp3) is 0.667. The maximum Gasteiger partial charge on any atom is 0.305 e. The molecule has 0 N–H and O–H groups in total. The number of hydrogen-bond acceptors (Lipinski definition) is 4. The number of hydrogen-bond donors (Lipinski definition) is 0. The number of carbonyl (C=O) groups is 2. The number of esters is 1. The molecule has 1 aromatic rings. The highest BCUT2D eigenvalue weighted by Gasteiger charge is 2.08. The third-order valence-electron chi connectivity index (χ3n) is 5.49. The number of aromatic nitrogens is 2. The Kier molecular flexibility index (Phi) is 17.0. The van der Waals surface area contributed by atoms with E-state index in [1.54, 1.807) is 12.5 Å². The summed E-state index contributed by atoms with van der Waals surface area (Å²) in [6.07, 6.45) is 27.3. The number of ketones is 1. The molecular formula is C27H44N2O3. The van der Waals surface area contributed by atoms with Crippen molar-refractivity contribution in [1.82, 2.24) is 9.55 Å². The van der Waals surface area contributed by atoms with E-state index >= 15 is 0 Å². The van der Waals surface area contributed by atoms with Crippen molar-refractivity contribution in [3.63, 3.8) is 0 Å². The van der Waals surface area contributed by atoms with Gasteiger partial charge in [-0.2, -0.15) is 0 Å². The number of nitrogens with zero attached hydrogens (tertiary/aromatic N) is 2. The fourth-order valence-corrected chi connectivity index (χ4v) is 3.45. The minimum Gasteiger partial charge on any atom is -0.466 e. The van der Waals surface area contributed by atoms with Crippen LogP contribution >= 0.6 is 0 Å². The SMILES string of the molecule is CCCCC/C=C\C/C=C\CCCCCCCC(=O)OCCCC(=O)Cc1cncn1C. The summed E-state index contributed by atoms with van der Waals surface area (Å²) >= 11 is 0. The average molecular weight is 445 g/mol. The second-order valence-corrected chi connectivity index (χ2v) is 8.52. The van der Waals surface area contributed by atoms with Crippen molar-refractivity contribution in [3.8, 4) is 0 Å². The lowest BCUT2D eigenvalue weighted by Gasteiger charge is -2.05. The molecule has 0 aliphatic heterocycles. The number of rotatable bonds is 20. The molecule has 0 fully saturated rings. The summed E-state index contributed by atoms with van der Waals surface area (Å²) in [5.74, 6) is 0.00753. The van der Waals surface area contributed by atoms with Crippen LogP contribution < -0.4 is 0 Å². The van der Waals surface area contributed by atoms with Crippen LogP contribution in [0, 0.1) is 0 Å². The van der Waals surface area contributed by atoms with Crippen LogP contribution in [-0.4, -0.2) is 27.9 Å². The van der Waals surface area contributed by atoms with E-state index in [-0.39, 0.29) is 11.8 Å². The van der Waals surface area contributed by atoms with E-state index in [0.29, 0.717) is 32.3 Å². The summed E-state index contributed by atoms with van der Waals surface area (Å²) in [5.41, 5.74) is 0.910. The number of ether oxygens (including phenoxy) is 1. The number of aryl methyl sites for hydroxylation is 1. The Morgan fingerprint density at radius 3 is 2.28 bits per heavy atom. The lowest BCUT2D eigenvalue weighted by molar-refractivity contribution is -0.144. The van der Waals surface area contributed by atoms with Gasteiger partial charge in [0.1, 0.15) is 5.78 Å². The molecule has 0 saturated heterocycles. The summed E-state index contributed by atoms with van der Waals surface area (Å²) < 4.78 is 7.10. The van der Waals surface area contributed by atoms with Gasteiger partial charge in [0.25, 0.3) is 0 Å². The van der Waals surface area contributed by atoms with Gasteiger partial charge in [0, 0.05) is 38.2 Å².